The van der Waals surface area contributed by atoms with Crippen LogP contribution in [0.3, 0.4) is 0 Å². The molecule has 0 saturated heterocycles. The van der Waals surface area contributed by atoms with Gasteiger partial charge in [-0.15, -0.1) is 0 Å². The molecule has 0 fully saturated rings. The first-order valence-corrected chi connectivity index (χ1v) is 7.20. The Morgan fingerprint density at radius 3 is 2.43 bits per heavy atom. The molecule has 120 valence electrons. The largest absolute Gasteiger partial charge is 0.395 e. The highest BCUT2D eigenvalue weighted by atomic mass is 19.2. The number of nitrogens with zero attached hydrogens (tertiary/aromatic N) is 1. The Morgan fingerprint density at radius 1 is 1.19 bits per heavy atom. The molecule has 5 heteroatoms. The van der Waals surface area contributed by atoms with Crippen LogP contribution in [-0.2, 0) is 0 Å². The molecule has 0 aliphatic heterocycles. The molecular formula is C16H25F2NO2. The monoisotopic (exact) mass is 301 g/mol. The highest BCUT2D eigenvalue weighted by molar-refractivity contribution is 5.21. The molecule has 21 heavy (non-hydrogen) atoms. The van der Waals surface area contributed by atoms with Gasteiger partial charge in [0.05, 0.1) is 12.7 Å². The summed E-state index contributed by atoms with van der Waals surface area (Å²) in [4.78, 5) is 2.01. The zero-order valence-electron chi connectivity index (χ0n) is 12.9. The van der Waals surface area contributed by atoms with Crippen LogP contribution in [0, 0.1) is 17.0 Å². The Kier molecular flexibility index (Phi) is 6.71. The van der Waals surface area contributed by atoms with Gasteiger partial charge in [0.15, 0.2) is 11.6 Å². The van der Waals surface area contributed by atoms with Crippen molar-refractivity contribution >= 4 is 0 Å². The third kappa shape index (κ3) is 6.08. The third-order valence-corrected chi connectivity index (χ3v) is 3.17. The summed E-state index contributed by atoms with van der Waals surface area (Å²) in [5, 5.41) is 19.1. The first kappa shape index (κ1) is 18.0. The molecule has 1 unspecified atom stereocenters. The van der Waals surface area contributed by atoms with E-state index in [0.717, 1.165) is 12.6 Å². The van der Waals surface area contributed by atoms with Gasteiger partial charge in [-0.2, -0.15) is 0 Å². The van der Waals surface area contributed by atoms with Crippen molar-refractivity contribution in [1.29, 1.82) is 0 Å². The van der Waals surface area contributed by atoms with Gasteiger partial charge in [-0.3, -0.25) is 0 Å². The van der Waals surface area contributed by atoms with E-state index < -0.39 is 17.7 Å². The van der Waals surface area contributed by atoms with Gasteiger partial charge in [0, 0.05) is 25.2 Å². The van der Waals surface area contributed by atoms with Gasteiger partial charge in [0.1, 0.15) is 0 Å². The zero-order valence-corrected chi connectivity index (χ0v) is 12.9. The van der Waals surface area contributed by atoms with Crippen LogP contribution in [0.25, 0.3) is 0 Å². The lowest BCUT2D eigenvalue weighted by Crippen LogP contribution is -2.36. The van der Waals surface area contributed by atoms with Crippen LogP contribution in [0.4, 0.5) is 8.78 Å². The molecule has 0 bridgehead atoms. The molecule has 0 aromatic heterocycles. The molecular weight excluding hydrogens is 276 g/mol. The van der Waals surface area contributed by atoms with Crippen molar-refractivity contribution in [3.63, 3.8) is 0 Å². The SMILES string of the molecule is CC(C)(C)CN(CCO)CCC(O)c1cccc(F)c1F. The summed E-state index contributed by atoms with van der Waals surface area (Å²) in [5.41, 5.74) is 0.0410. The second-order valence-corrected chi connectivity index (χ2v) is 6.51. The average molecular weight is 301 g/mol. The maximum atomic E-state index is 13.6. The van der Waals surface area contributed by atoms with Gasteiger partial charge < -0.3 is 15.1 Å². The minimum absolute atomic E-state index is 0.0188. The van der Waals surface area contributed by atoms with Crippen LogP contribution in [0.1, 0.15) is 38.9 Å². The van der Waals surface area contributed by atoms with Crippen LogP contribution in [-0.4, -0.2) is 41.4 Å². The average Bonchev–Trinajstić information content (AvgIpc) is 2.37. The second kappa shape index (κ2) is 7.82. The van der Waals surface area contributed by atoms with Gasteiger partial charge in [0.2, 0.25) is 0 Å². The number of halogens is 2. The Bertz CT molecular complexity index is 446. The molecule has 0 aliphatic carbocycles. The molecule has 0 saturated carbocycles. The topological polar surface area (TPSA) is 43.7 Å². The fraction of sp³-hybridized carbons (Fsp3) is 0.625. The van der Waals surface area contributed by atoms with Gasteiger partial charge in [-0.05, 0) is 17.9 Å². The van der Waals surface area contributed by atoms with Gasteiger partial charge >= 0.3 is 0 Å². The van der Waals surface area contributed by atoms with Crippen molar-refractivity contribution in [2.24, 2.45) is 5.41 Å². The maximum Gasteiger partial charge on any atom is 0.164 e. The van der Waals surface area contributed by atoms with Gasteiger partial charge in [-0.1, -0.05) is 32.9 Å². The van der Waals surface area contributed by atoms with E-state index in [1.807, 2.05) is 4.90 Å². The second-order valence-electron chi connectivity index (χ2n) is 6.51. The minimum Gasteiger partial charge on any atom is -0.395 e. The molecule has 1 aromatic carbocycles. The van der Waals surface area contributed by atoms with Gasteiger partial charge in [-0.25, -0.2) is 8.78 Å². The molecule has 0 aliphatic rings. The van der Waals surface area contributed by atoms with Crippen LogP contribution >= 0.6 is 0 Å². The number of rotatable bonds is 7. The molecule has 1 atom stereocenters. The Hall–Kier alpha value is -1.04. The number of hydrogen-bond acceptors (Lipinski definition) is 3. The lowest BCUT2D eigenvalue weighted by Gasteiger charge is -2.30. The summed E-state index contributed by atoms with van der Waals surface area (Å²) in [6.45, 7) is 8.04. The lowest BCUT2D eigenvalue weighted by atomic mass is 9.95. The molecule has 0 spiro atoms. The number of hydrogen-bond donors (Lipinski definition) is 2. The van der Waals surface area contributed by atoms with E-state index in [2.05, 4.69) is 20.8 Å². The fourth-order valence-electron chi connectivity index (χ4n) is 2.32. The van der Waals surface area contributed by atoms with Crippen molar-refractivity contribution < 1.29 is 19.0 Å². The van der Waals surface area contributed by atoms with E-state index in [0.29, 0.717) is 13.1 Å². The Morgan fingerprint density at radius 2 is 1.86 bits per heavy atom. The molecule has 1 aromatic rings. The quantitative estimate of drug-likeness (QED) is 0.814. The van der Waals surface area contributed by atoms with Crippen LogP contribution < -0.4 is 0 Å². The summed E-state index contributed by atoms with van der Waals surface area (Å²) in [6, 6.07) is 3.81. The van der Waals surface area contributed by atoms with E-state index in [-0.39, 0.29) is 24.0 Å². The summed E-state index contributed by atoms with van der Waals surface area (Å²) < 4.78 is 26.8. The standard InChI is InChI=1S/C16H25F2NO2/c1-16(2,3)11-19(9-10-20)8-7-14(21)12-5-4-6-13(17)15(12)18/h4-6,14,20-21H,7-11H2,1-3H3. The summed E-state index contributed by atoms with van der Waals surface area (Å²) in [7, 11) is 0. The van der Waals surface area contributed by atoms with Crippen molar-refractivity contribution in [2.45, 2.75) is 33.3 Å². The highest BCUT2D eigenvalue weighted by Crippen LogP contribution is 2.23. The maximum absolute atomic E-state index is 13.6. The number of aliphatic hydroxyl groups is 2. The van der Waals surface area contributed by atoms with Gasteiger partial charge in [0.25, 0.3) is 0 Å². The molecule has 2 N–H and O–H groups in total. The van der Waals surface area contributed by atoms with E-state index in [4.69, 9.17) is 5.11 Å². The normalized spacial score (nSPS) is 13.7. The van der Waals surface area contributed by atoms with Crippen molar-refractivity contribution in [3.05, 3.63) is 35.4 Å². The Balaban J connectivity index is 2.64. The van der Waals surface area contributed by atoms with E-state index in [1.54, 1.807) is 0 Å². The fourth-order valence-corrected chi connectivity index (χ4v) is 2.32. The molecule has 0 radical (unpaired) electrons. The highest BCUT2D eigenvalue weighted by Gasteiger charge is 2.19. The predicted octanol–water partition coefficient (Wildman–Crippen LogP) is 2.73. The first-order chi connectivity index (χ1) is 9.74. The predicted molar refractivity (Wildman–Crippen MR) is 78.9 cm³/mol. The lowest BCUT2D eigenvalue weighted by molar-refractivity contribution is 0.109. The summed E-state index contributed by atoms with van der Waals surface area (Å²) >= 11 is 0. The van der Waals surface area contributed by atoms with Crippen molar-refractivity contribution in [1.82, 2.24) is 4.90 Å². The number of aliphatic hydroxyl groups excluding tert-OH is 2. The van der Waals surface area contributed by atoms with E-state index >= 15 is 0 Å². The molecule has 3 nitrogen and oxygen atoms in total. The minimum atomic E-state index is -1.05. The molecule has 0 amide bonds. The van der Waals surface area contributed by atoms with Crippen LogP contribution in [0.15, 0.2) is 18.2 Å². The number of benzene rings is 1. The van der Waals surface area contributed by atoms with E-state index in [9.17, 15) is 13.9 Å². The van der Waals surface area contributed by atoms with Crippen LogP contribution in [0.2, 0.25) is 0 Å². The summed E-state index contributed by atoms with van der Waals surface area (Å²) in [5.74, 6) is -1.94. The smallest absolute Gasteiger partial charge is 0.164 e. The Labute approximate surface area is 125 Å². The third-order valence-electron chi connectivity index (χ3n) is 3.17. The van der Waals surface area contributed by atoms with Crippen molar-refractivity contribution in [2.75, 3.05) is 26.2 Å². The van der Waals surface area contributed by atoms with Crippen molar-refractivity contribution in [3.8, 4) is 0 Å². The van der Waals surface area contributed by atoms with E-state index in [1.165, 1.54) is 12.1 Å². The molecule has 1 rings (SSSR count). The molecule has 0 heterocycles. The zero-order chi connectivity index (χ0) is 16.0. The summed E-state index contributed by atoms with van der Waals surface area (Å²) in [6.07, 6.45) is -0.766. The van der Waals surface area contributed by atoms with Crippen LogP contribution in [0.5, 0.6) is 0 Å². The first-order valence-electron chi connectivity index (χ1n) is 7.20.